The third kappa shape index (κ3) is 1.48. The molecule has 0 bridgehead atoms. The standard InChI is InChI=1S/C7H5ClFNO2/c8-4-2-6(10)5(9)1-3(4)7(11)12/h1-2H,10H2,(H,11,12). The van der Waals surface area contributed by atoms with Crippen molar-refractivity contribution in [3.63, 3.8) is 0 Å². The van der Waals surface area contributed by atoms with Gasteiger partial charge in [-0.3, -0.25) is 0 Å². The van der Waals surface area contributed by atoms with Crippen LogP contribution in [0.1, 0.15) is 10.4 Å². The number of carboxylic acids is 1. The molecule has 1 aromatic rings. The smallest absolute Gasteiger partial charge is 0.337 e. The second kappa shape index (κ2) is 2.98. The van der Waals surface area contributed by atoms with Gasteiger partial charge in [-0.05, 0) is 12.1 Å². The van der Waals surface area contributed by atoms with Gasteiger partial charge in [0.15, 0.2) is 0 Å². The van der Waals surface area contributed by atoms with E-state index in [0.717, 1.165) is 12.1 Å². The lowest BCUT2D eigenvalue weighted by Gasteiger charge is -2.00. The summed E-state index contributed by atoms with van der Waals surface area (Å²) in [4.78, 5) is 10.4. The summed E-state index contributed by atoms with van der Waals surface area (Å²) in [5, 5.41) is 8.42. The van der Waals surface area contributed by atoms with Crippen LogP contribution < -0.4 is 5.73 Å². The van der Waals surface area contributed by atoms with Crippen molar-refractivity contribution in [2.45, 2.75) is 0 Å². The first kappa shape index (κ1) is 8.80. The fourth-order valence-electron chi connectivity index (χ4n) is 0.726. The maximum Gasteiger partial charge on any atom is 0.337 e. The molecule has 0 atom stereocenters. The fraction of sp³-hybridized carbons (Fsp3) is 0. The van der Waals surface area contributed by atoms with Crippen molar-refractivity contribution >= 4 is 23.3 Å². The highest BCUT2D eigenvalue weighted by atomic mass is 35.5. The van der Waals surface area contributed by atoms with E-state index < -0.39 is 11.8 Å². The van der Waals surface area contributed by atoms with Crippen LogP contribution in [0.3, 0.4) is 0 Å². The summed E-state index contributed by atoms with van der Waals surface area (Å²) < 4.78 is 12.7. The quantitative estimate of drug-likeness (QED) is 0.662. The lowest BCUT2D eigenvalue weighted by atomic mass is 10.2. The number of anilines is 1. The van der Waals surface area contributed by atoms with Gasteiger partial charge in [0.05, 0.1) is 16.3 Å². The Morgan fingerprint density at radius 2 is 2.17 bits per heavy atom. The molecule has 64 valence electrons. The van der Waals surface area contributed by atoms with Crippen LogP contribution in [0.15, 0.2) is 12.1 Å². The molecule has 0 heterocycles. The predicted octanol–water partition coefficient (Wildman–Crippen LogP) is 1.76. The Balaban J connectivity index is 3.33. The van der Waals surface area contributed by atoms with Gasteiger partial charge in [-0.2, -0.15) is 0 Å². The third-order valence-corrected chi connectivity index (χ3v) is 1.63. The van der Waals surface area contributed by atoms with Crippen molar-refractivity contribution < 1.29 is 14.3 Å². The van der Waals surface area contributed by atoms with E-state index in [1.165, 1.54) is 0 Å². The Hall–Kier alpha value is -1.29. The Labute approximate surface area is 72.6 Å². The van der Waals surface area contributed by atoms with Crippen LogP contribution in [0.5, 0.6) is 0 Å². The zero-order valence-corrected chi connectivity index (χ0v) is 6.60. The molecule has 12 heavy (non-hydrogen) atoms. The molecule has 0 unspecified atom stereocenters. The molecular weight excluding hydrogens is 185 g/mol. The van der Waals surface area contributed by atoms with Gasteiger partial charge in [-0.25, -0.2) is 9.18 Å². The van der Waals surface area contributed by atoms with E-state index in [1.807, 2.05) is 0 Å². The minimum absolute atomic E-state index is 0.0681. The zero-order valence-electron chi connectivity index (χ0n) is 5.84. The van der Waals surface area contributed by atoms with Gasteiger partial charge in [0, 0.05) is 0 Å². The van der Waals surface area contributed by atoms with Gasteiger partial charge in [0.2, 0.25) is 0 Å². The third-order valence-electron chi connectivity index (χ3n) is 1.32. The van der Waals surface area contributed by atoms with E-state index >= 15 is 0 Å². The van der Waals surface area contributed by atoms with Crippen molar-refractivity contribution in [2.75, 3.05) is 5.73 Å². The van der Waals surface area contributed by atoms with Crippen molar-refractivity contribution in [2.24, 2.45) is 0 Å². The Bertz CT molecular complexity index is 340. The SMILES string of the molecule is Nc1cc(Cl)c(C(=O)O)cc1F. The number of hydrogen-bond donors (Lipinski definition) is 2. The molecule has 1 aromatic carbocycles. The molecule has 0 aliphatic carbocycles. The molecular formula is C7H5ClFNO2. The summed E-state index contributed by atoms with van der Waals surface area (Å²) in [6, 6.07) is 1.86. The molecule has 1 rings (SSSR count). The molecule has 0 aromatic heterocycles. The van der Waals surface area contributed by atoms with E-state index in [0.29, 0.717) is 0 Å². The number of benzene rings is 1. The summed E-state index contributed by atoms with van der Waals surface area (Å²) in [5.41, 5.74) is 4.69. The monoisotopic (exact) mass is 189 g/mol. The van der Waals surface area contributed by atoms with Crippen molar-refractivity contribution in [1.29, 1.82) is 0 Å². The van der Waals surface area contributed by atoms with Crippen LogP contribution in [0, 0.1) is 5.82 Å². The van der Waals surface area contributed by atoms with Crippen LogP contribution in [0.4, 0.5) is 10.1 Å². The van der Waals surface area contributed by atoms with Crippen LogP contribution in [0.25, 0.3) is 0 Å². The first-order valence-corrected chi connectivity index (χ1v) is 3.38. The fourth-order valence-corrected chi connectivity index (χ4v) is 0.979. The van der Waals surface area contributed by atoms with Crippen LogP contribution in [0.2, 0.25) is 5.02 Å². The number of rotatable bonds is 1. The van der Waals surface area contributed by atoms with Gasteiger partial charge in [0.25, 0.3) is 0 Å². The van der Waals surface area contributed by atoms with E-state index in [-0.39, 0.29) is 16.3 Å². The summed E-state index contributed by atoms with van der Waals surface area (Å²) in [6.45, 7) is 0. The number of nitrogens with two attached hydrogens (primary N) is 1. The lowest BCUT2D eigenvalue weighted by Crippen LogP contribution is -2.00. The molecule has 0 saturated heterocycles. The number of hydrogen-bond acceptors (Lipinski definition) is 2. The minimum Gasteiger partial charge on any atom is -0.478 e. The van der Waals surface area contributed by atoms with Gasteiger partial charge in [0.1, 0.15) is 5.82 Å². The number of nitrogen functional groups attached to an aromatic ring is 1. The van der Waals surface area contributed by atoms with Crippen LogP contribution in [-0.4, -0.2) is 11.1 Å². The van der Waals surface area contributed by atoms with Gasteiger partial charge >= 0.3 is 5.97 Å². The Morgan fingerprint density at radius 1 is 1.58 bits per heavy atom. The highest BCUT2D eigenvalue weighted by Gasteiger charge is 2.11. The van der Waals surface area contributed by atoms with E-state index in [9.17, 15) is 9.18 Å². The molecule has 0 fully saturated rings. The van der Waals surface area contributed by atoms with E-state index in [4.69, 9.17) is 22.4 Å². The average molecular weight is 190 g/mol. The highest BCUT2D eigenvalue weighted by molar-refractivity contribution is 6.33. The molecule has 0 aliphatic rings. The molecule has 0 spiro atoms. The topological polar surface area (TPSA) is 63.3 Å². The van der Waals surface area contributed by atoms with Crippen LogP contribution >= 0.6 is 11.6 Å². The maximum absolute atomic E-state index is 12.7. The lowest BCUT2D eigenvalue weighted by molar-refractivity contribution is 0.0696. The summed E-state index contributed by atoms with van der Waals surface area (Å²) in [7, 11) is 0. The molecule has 3 N–H and O–H groups in total. The van der Waals surface area contributed by atoms with Crippen molar-refractivity contribution in [1.82, 2.24) is 0 Å². The maximum atomic E-state index is 12.7. The molecule has 0 saturated carbocycles. The minimum atomic E-state index is -1.28. The van der Waals surface area contributed by atoms with E-state index in [1.54, 1.807) is 0 Å². The molecule has 5 heteroatoms. The first-order valence-electron chi connectivity index (χ1n) is 3.00. The zero-order chi connectivity index (χ0) is 9.30. The average Bonchev–Trinajstić information content (AvgIpc) is 1.96. The molecule has 0 amide bonds. The van der Waals surface area contributed by atoms with Gasteiger partial charge < -0.3 is 10.8 Å². The number of halogens is 2. The number of carbonyl (C=O) groups is 1. The van der Waals surface area contributed by atoms with Crippen LogP contribution in [-0.2, 0) is 0 Å². The normalized spacial score (nSPS) is 9.83. The van der Waals surface area contributed by atoms with Crippen molar-refractivity contribution in [3.05, 3.63) is 28.5 Å². The molecule has 3 nitrogen and oxygen atoms in total. The Kier molecular flexibility index (Phi) is 2.19. The largest absolute Gasteiger partial charge is 0.478 e. The Morgan fingerprint density at radius 3 is 2.67 bits per heavy atom. The summed E-state index contributed by atoms with van der Waals surface area (Å²) in [6.07, 6.45) is 0. The highest BCUT2D eigenvalue weighted by Crippen LogP contribution is 2.21. The first-order chi connectivity index (χ1) is 5.52. The number of carboxylic acid groups (broad SMARTS) is 1. The number of aromatic carboxylic acids is 1. The second-order valence-electron chi connectivity index (χ2n) is 2.16. The summed E-state index contributed by atoms with van der Waals surface area (Å²) >= 11 is 5.47. The van der Waals surface area contributed by atoms with Crippen molar-refractivity contribution in [3.8, 4) is 0 Å². The second-order valence-corrected chi connectivity index (χ2v) is 2.57. The summed E-state index contributed by atoms with van der Waals surface area (Å²) in [5.74, 6) is -2.06. The van der Waals surface area contributed by atoms with Gasteiger partial charge in [-0.15, -0.1) is 0 Å². The predicted molar refractivity (Wildman–Crippen MR) is 42.8 cm³/mol. The van der Waals surface area contributed by atoms with E-state index in [2.05, 4.69) is 0 Å². The molecule has 0 radical (unpaired) electrons. The van der Waals surface area contributed by atoms with Gasteiger partial charge in [-0.1, -0.05) is 11.6 Å². The molecule has 0 aliphatic heterocycles.